The van der Waals surface area contributed by atoms with Crippen LogP contribution in [0.25, 0.3) is 5.69 Å². The highest BCUT2D eigenvalue weighted by molar-refractivity contribution is 5.39. The van der Waals surface area contributed by atoms with Gasteiger partial charge in [-0.2, -0.15) is 5.10 Å². The van der Waals surface area contributed by atoms with E-state index in [-0.39, 0.29) is 5.69 Å². The number of methoxy groups -OCH3 is 1. The van der Waals surface area contributed by atoms with Crippen LogP contribution in [-0.4, -0.2) is 21.5 Å². The predicted molar refractivity (Wildman–Crippen MR) is 84.7 cm³/mol. The van der Waals surface area contributed by atoms with Crippen molar-refractivity contribution in [2.24, 2.45) is 0 Å². The molecule has 5 heteroatoms. The van der Waals surface area contributed by atoms with E-state index in [1.165, 1.54) is 4.68 Å². The zero-order chi connectivity index (χ0) is 15.5. The van der Waals surface area contributed by atoms with Crippen LogP contribution < -0.4 is 10.4 Å². The third-order valence-electron chi connectivity index (χ3n) is 3.49. The van der Waals surface area contributed by atoms with Crippen LogP contribution in [0, 0.1) is 6.92 Å². The van der Waals surface area contributed by atoms with Gasteiger partial charge >= 0.3 is 5.69 Å². The van der Waals surface area contributed by atoms with Gasteiger partial charge in [0.05, 0.1) is 19.3 Å². The van der Waals surface area contributed by atoms with Crippen molar-refractivity contribution in [2.75, 3.05) is 7.11 Å². The van der Waals surface area contributed by atoms with Gasteiger partial charge in [-0.05, 0) is 24.6 Å². The topological polar surface area (TPSA) is 49.0 Å². The molecule has 0 atom stereocenters. The fourth-order valence-electron chi connectivity index (χ4n) is 2.42. The zero-order valence-electron chi connectivity index (χ0n) is 12.6. The van der Waals surface area contributed by atoms with Crippen LogP contribution in [0.2, 0.25) is 0 Å². The number of rotatable bonds is 4. The molecule has 3 aromatic rings. The number of hydrogen-bond donors (Lipinski definition) is 0. The molecule has 2 aromatic carbocycles. The minimum absolute atomic E-state index is 0.158. The lowest BCUT2D eigenvalue weighted by Gasteiger charge is -2.05. The third kappa shape index (κ3) is 2.65. The predicted octanol–water partition coefficient (Wildman–Crippen LogP) is 2.40. The summed E-state index contributed by atoms with van der Waals surface area (Å²) in [6.45, 7) is 2.28. The van der Waals surface area contributed by atoms with Crippen molar-refractivity contribution >= 4 is 0 Å². The molecule has 0 aliphatic rings. The summed E-state index contributed by atoms with van der Waals surface area (Å²) in [5.41, 5.74) is 1.63. The Labute approximate surface area is 128 Å². The van der Waals surface area contributed by atoms with E-state index in [4.69, 9.17) is 4.74 Å². The van der Waals surface area contributed by atoms with Crippen molar-refractivity contribution in [1.29, 1.82) is 0 Å². The number of hydrogen-bond acceptors (Lipinski definition) is 3. The summed E-state index contributed by atoms with van der Waals surface area (Å²) in [5.74, 6) is 1.36. The van der Waals surface area contributed by atoms with E-state index in [0.29, 0.717) is 18.1 Å². The van der Waals surface area contributed by atoms with Crippen molar-refractivity contribution in [3.05, 3.63) is 76.5 Å². The van der Waals surface area contributed by atoms with Crippen LogP contribution in [-0.2, 0) is 6.54 Å². The number of benzene rings is 2. The van der Waals surface area contributed by atoms with Gasteiger partial charge in [0.1, 0.15) is 11.6 Å². The van der Waals surface area contributed by atoms with Crippen molar-refractivity contribution < 1.29 is 4.74 Å². The fourth-order valence-corrected chi connectivity index (χ4v) is 2.42. The first-order valence-electron chi connectivity index (χ1n) is 7.04. The van der Waals surface area contributed by atoms with Crippen LogP contribution in [0.15, 0.2) is 59.4 Å². The normalized spacial score (nSPS) is 10.6. The van der Waals surface area contributed by atoms with E-state index in [1.807, 2.05) is 61.5 Å². The first-order valence-corrected chi connectivity index (χ1v) is 7.04. The van der Waals surface area contributed by atoms with E-state index >= 15 is 0 Å². The summed E-state index contributed by atoms with van der Waals surface area (Å²) in [7, 11) is 1.60. The van der Waals surface area contributed by atoms with Crippen LogP contribution >= 0.6 is 0 Å². The van der Waals surface area contributed by atoms with Crippen LogP contribution in [0.4, 0.5) is 0 Å². The lowest BCUT2D eigenvalue weighted by molar-refractivity contribution is 0.414. The van der Waals surface area contributed by atoms with Gasteiger partial charge in [0, 0.05) is 6.07 Å². The molecule has 1 heterocycles. The molecular weight excluding hydrogens is 278 g/mol. The summed E-state index contributed by atoms with van der Waals surface area (Å²) in [4.78, 5) is 12.6. The minimum atomic E-state index is -0.158. The maximum atomic E-state index is 12.6. The van der Waals surface area contributed by atoms with E-state index < -0.39 is 0 Å². The Bertz CT molecular complexity index is 835. The second-order valence-corrected chi connectivity index (χ2v) is 5.01. The lowest BCUT2D eigenvalue weighted by atomic mass is 10.2. The van der Waals surface area contributed by atoms with Gasteiger partial charge < -0.3 is 4.74 Å². The summed E-state index contributed by atoms with van der Waals surface area (Å²) in [5, 5.41) is 4.36. The standard InChI is InChI=1S/C17H17N3O2/c1-13-18-19(12-14-7-4-3-5-8-14)17(21)20(13)15-9-6-10-16(11-15)22-2/h3-11H,12H2,1-2H3. The SMILES string of the molecule is COc1cccc(-n2c(C)nn(Cc3ccccc3)c2=O)c1. The largest absolute Gasteiger partial charge is 0.497 e. The Morgan fingerprint density at radius 3 is 2.59 bits per heavy atom. The molecule has 5 nitrogen and oxygen atoms in total. The Kier molecular flexibility index (Phi) is 3.78. The highest BCUT2D eigenvalue weighted by Gasteiger charge is 2.12. The fraction of sp³-hybridized carbons (Fsp3) is 0.176. The Balaban J connectivity index is 2.01. The van der Waals surface area contributed by atoms with E-state index in [1.54, 1.807) is 11.7 Å². The maximum Gasteiger partial charge on any atom is 0.350 e. The first-order chi connectivity index (χ1) is 10.7. The van der Waals surface area contributed by atoms with Gasteiger partial charge in [0.15, 0.2) is 0 Å². The Morgan fingerprint density at radius 2 is 1.86 bits per heavy atom. The van der Waals surface area contributed by atoms with E-state index in [9.17, 15) is 4.79 Å². The molecule has 22 heavy (non-hydrogen) atoms. The summed E-state index contributed by atoms with van der Waals surface area (Å²) >= 11 is 0. The summed E-state index contributed by atoms with van der Waals surface area (Å²) < 4.78 is 8.28. The molecule has 3 rings (SSSR count). The molecule has 0 spiro atoms. The second kappa shape index (κ2) is 5.89. The smallest absolute Gasteiger partial charge is 0.350 e. The van der Waals surface area contributed by atoms with Gasteiger partial charge in [-0.1, -0.05) is 36.4 Å². The average Bonchev–Trinajstić information content (AvgIpc) is 2.82. The molecule has 0 aliphatic heterocycles. The molecule has 0 amide bonds. The molecule has 1 aromatic heterocycles. The lowest BCUT2D eigenvalue weighted by Crippen LogP contribution is -2.24. The average molecular weight is 295 g/mol. The van der Waals surface area contributed by atoms with Gasteiger partial charge in [0.25, 0.3) is 0 Å². The zero-order valence-corrected chi connectivity index (χ0v) is 12.6. The first kappa shape index (κ1) is 14.1. The molecule has 0 saturated heterocycles. The molecule has 0 fully saturated rings. The molecule has 0 bridgehead atoms. The summed E-state index contributed by atoms with van der Waals surface area (Å²) in [6, 6.07) is 17.2. The second-order valence-electron chi connectivity index (χ2n) is 5.01. The Hall–Kier alpha value is -2.82. The molecule has 0 aliphatic carbocycles. The highest BCUT2D eigenvalue weighted by Crippen LogP contribution is 2.16. The molecule has 0 unspecified atom stereocenters. The number of ether oxygens (including phenoxy) is 1. The highest BCUT2D eigenvalue weighted by atomic mass is 16.5. The van der Waals surface area contributed by atoms with Crippen LogP contribution in [0.5, 0.6) is 5.75 Å². The van der Waals surface area contributed by atoms with E-state index in [2.05, 4.69) is 5.10 Å². The number of aromatic nitrogens is 3. The van der Waals surface area contributed by atoms with Crippen LogP contribution in [0.1, 0.15) is 11.4 Å². The van der Waals surface area contributed by atoms with Crippen molar-refractivity contribution in [2.45, 2.75) is 13.5 Å². The third-order valence-corrected chi connectivity index (χ3v) is 3.49. The van der Waals surface area contributed by atoms with Crippen molar-refractivity contribution in [3.63, 3.8) is 0 Å². The molecular formula is C17H17N3O2. The summed E-state index contributed by atoms with van der Waals surface area (Å²) in [6.07, 6.45) is 0. The van der Waals surface area contributed by atoms with E-state index in [0.717, 1.165) is 11.3 Å². The van der Waals surface area contributed by atoms with Gasteiger partial charge in [-0.15, -0.1) is 0 Å². The van der Waals surface area contributed by atoms with Gasteiger partial charge in [0.2, 0.25) is 0 Å². The van der Waals surface area contributed by atoms with Crippen molar-refractivity contribution in [1.82, 2.24) is 14.3 Å². The minimum Gasteiger partial charge on any atom is -0.497 e. The molecule has 0 N–H and O–H groups in total. The monoisotopic (exact) mass is 295 g/mol. The maximum absolute atomic E-state index is 12.6. The van der Waals surface area contributed by atoms with Crippen LogP contribution in [0.3, 0.4) is 0 Å². The molecule has 112 valence electrons. The Morgan fingerprint density at radius 1 is 1.09 bits per heavy atom. The number of nitrogens with zero attached hydrogens (tertiary/aromatic N) is 3. The van der Waals surface area contributed by atoms with Gasteiger partial charge in [-0.3, -0.25) is 0 Å². The van der Waals surface area contributed by atoms with Crippen molar-refractivity contribution in [3.8, 4) is 11.4 Å². The van der Waals surface area contributed by atoms with Gasteiger partial charge in [-0.25, -0.2) is 14.0 Å². The molecule has 0 radical (unpaired) electrons. The molecule has 0 saturated carbocycles. The quantitative estimate of drug-likeness (QED) is 0.742. The number of aryl methyl sites for hydroxylation is 1.